The predicted octanol–water partition coefficient (Wildman–Crippen LogP) is 4.74. The summed E-state index contributed by atoms with van der Waals surface area (Å²) in [5.41, 5.74) is 1.24. The highest BCUT2D eigenvalue weighted by molar-refractivity contribution is 7.99. The van der Waals surface area contributed by atoms with Gasteiger partial charge in [0.1, 0.15) is 0 Å². The molecule has 1 heterocycles. The Morgan fingerprint density at radius 1 is 1.09 bits per heavy atom. The molecule has 0 spiro atoms. The first-order valence-electron chi connectivity index (χ1n) is 9.82. The van der Waals surface area contributed by atoms with Crippen LogP contribution in [0.3, 0.4) is 0 Å². The third-order valence-electron chi connectivity index (χ3n) is 4.79. The number of halogens is 1. The Bertz CT molecular complexity index is 1420. The molecule has 3 aromatic carbocycles. The molecule has 0 radical (unpaired) electrons. The molecule has 0 saturated heterocycles. The van der Waals surface area contributed by atoms with Crippen LogP contribution in [0.15, 0.2) is 82.7 Å². The van der Waals surface area contributed by atoms with Gasteiger partial charge in [-0.1, -0.05) is 59.8 Å². The minimum Gasteiger partial charge on any atom is -0.325 e. The molecule has 0 saturated carbocycles. The number of non-ortho nitro benzene ring substituents is 1. The zero-order valence-electron chi connectivity index (χ0n) is 17.1. The van der Waals surface area contributed by atoms with E-state index in [1.165, 1.54) is 22.8 Å². The number of thioether (sulfide) groups is 1. The van der Waals surface area contributed by atoms with Crippen LogP contribution in [-0.2, 0) is 11.3 Å². The number of nitro benzene ring substituents is 1. The van der Waals surface area contributed by atoms with E-state index < -0.39 is 4.92 Å². The standard InChI is InChI=1S/C23H17ClN4O4S/c24-19-10-3-1-6-15(19)13-27-22(30)18-9-2-4-11-20(18)26-23(27)33-14-21(29)25-16-7-5-8-17(12-16)28(31)32/h1-12H,13-14H2,(H,25,29). The first-order chi connectivity index (χ1) is 15.9. The molecule has 0 bridgehead atoms. The third kappa shape index (κ3) is 5.21. The molecular formula is C23H17ClN4O4S. The molecule has 4 rings (SSSR count). The van der Waals surface area contributed by atoms with E-state index in [2.05, 4.69) is 10.3 Å². The van der Waals surface area contributed by atoms with E-state index in [0.29, 0.717) is 26.8 Å². The van der Waals surface area contributed by atoms with Crippen molar-refractivity contribution in [1.82, 2.24) is 9.55 Å². The summed E-state index contributed by atoms with van der Waals surface area (Å²) in [6.07, 6.45) is 0. The number of amides is 1. The normalized spacial score (nSPS) is 10.8. The topological polar surface area (TPSA) is 107 Å². The number of para-hydroxylation sites is 1. The quantitative estimate of drug-likeness (QED) is 0.177. The maximum Gasteiger partial charge on any atom is 0.271 e. The van der Waals surface area contributed by atoms with Gasteiger partial charge >= 0.3 is 0 Å². The molecule has 0 unspecified atom stereocenters. The van der Waals surface area contributed by atoms with Gasteiger partial charge in [-0.2, -0.15) is 0 Å². The van der Waals surface area contributed by atoms with Gasteiger partial charge in [0, 0.05) is 22.8 Å². The van der Waals surface area contributed by atoms with Crippen molar-refractivity contribution in [2.24, 2.45) is 0 Å². The summed E-state index contributed by atoms with van der Waals surface area (Å²) >= 11 is 7.40. The Labute approximate surface area is 197 Å². The summed E-state index contributed by atoms with van der Waals surface area (Å²) in [7, 11) is 0. The number of nitrogens with one attached hydrogen (secondary N) is 1. The van der Waals surface area contributed by atoms with Gasteiger partial charge in [0.2, 0.25) is 5.91 Å². The molecule has 0 atom stereocenters. The fraction of sp³-hybridized carbons (Fsp3) is 0.0870. The highest BCUT2D eigenvalue weighted by atomic mass is 35.5. The molecule has 10 heteroatoms. The van der Waals surface area contributed by atoms with E-state index in [9.17, 15) is 19.7 Å². The molecule has 8 nitrogen and oxygen atoms in total. The van der Waals surface area contributed by atoms with E-state index >= 15 is 0 Å². The molecule has 1 amide bonds. The van der Waals surface area contributed by atoms with Crippen molar-refractivity contribution in [3.63, 3.8) is 0 Å². The molecule has 0 fully saturated rings. The van der Waals surface area contributed by atoms with Gasteiger partial charge in [0.15, 0.2) is 5.16 Å². The lowest BCUT2D eigenvalue weighted by atomic mass is 10.2. The number of nitrogens with zero attached hydrogens (tertiary/aromatic N) is 3. The fourth-order valence-electron chi connectivity index (χ4n) is 3.22. The first kappa shape index (κ1) is 22.5. The van der Waals surface area contributed by atoms with Crippen LogP contribution >= 0.6 is 23.4 Å². The van der Waals surface area contributed by atoms with Crippen molar-refractivity contribution < 1.29 is 9.72 Å². The summed E-state index contributed by atoms with van der Waals surface area (Å²) in [5.74, 6) is -0.428. The number of rotatable bonds is 7. The molecule has 33 heavy (non-hydrogen) atoms. The molecule has 166 valence electrons. The lowest BCUT2D eigenvalue weighted by Crippen LogP contribution is -2.25. The summed E-state index contributed by atoms with van der Waals surface area (Å²) < 4.78 is 1.49. The van der Waals surface area contributed by atoms with E-state index in [1.54, 1.807) is 42.5 Å². The molecule has 0 aliphatic rings. The number of fused-ring (bicyclic) bond motifs is 1. The zero-order valence-corrected chi connectivity index (χ0v) is 18.7. The van der Waals surface area contributed by atoms with Crippen LogP contribution in [-0.4, -0.2) is 26.1 Å². The first-order valence-corrected chi connectivity index (χ1v) is 11.2. The number of hydrogen-bond acceptors (Lipinski definition) is 6. The number of nitro groups is 1. The number of benzene rings is 3. The second-order valence-electron chi connectivity index (χ2n) is 7.04. The largest absolute Gasteiger partial charge is 0.325 e. The molecule has 0 aliphatic carbocycles. The maximum atomic E-state index is 13.2. The summed E-state index contributed by atoms with van der Waals surface area (Å²) in [6, 6.07) is 19.9. The van der Waals surface area contributed by atoms with Crippen molar-refractivity contribution in [3.05, 3.63) is 104 Å². The average molecular weight is 481 g/mol. The molecule has 1 aromatic heterocycles. The lowest BCUT2D eigenvalue weighted by molar-refractivity contribution is -0.384. The van der Waals surface area contributed by atoms with Crippen molar-refractivity contribution >= 4 is 51.5 Å². The van der Waals surface area contributed by atoms with Gasteiger partial charge in [-0.25, -0.2) is 4.98 Å². The van der Waals surface area contributed by atoms with E-state index in [-0.39, 0.29) is 29.5 Å². The summed E-state index contributed by atoms with van der Waals surface area (Å²) in [6.45, 7) is 0.200. The number of aromatic nitrogens is 2. The maximum absolute atomic E-state index is 13.2. The van der Waals surface area contributed by atoms with Gasteiger partial charge in [-0.05, 0) is 29.8 Å². The van der Waals surface area contributed by atoms with Crippen LogP contribution in [0, 0.1) is 10.1 Å². The monoisotopic (exact) mass is 480 g/mol. The van der Waals surface area contributed by atoms with Crippen LogP contribution < -0.4 is 10.9 Å². The zero-order chi connectivity index (χ0) is 23.4. The number of carbonyl (C=O) groups is 1. The Morgan fingerprint density at radius 2 is 1.85 bits per heavy atom. The van der Waals surface area contributed by atoms with Crippen molar-refractivity contribution in [2.45, 2.75) is 11.7 Å². The predicted molar refractivity (Wildman–Crippen MR) is 129 cm³/mol. The minimum absolute atomic E-state index is 0.0456. The van der Waals surface area contributed by atoms with Gasteiger partial charge in [0.25, 0.3) is 11.2 Å². The van der Waals surface area contributed by atoms with Gasteiger partial charge < -0.3 is 5.32 Å². The van der Waals surface area contributed by atoms with Crippen LogP contribution in [0.2, 0.25) is 5.02 Å². The SMILES string of the molecule is O=C(CSc1nc2ccccc2c(=O)n1Cc1ccccc1Cl)Nc1cccc([N+](=O)[O-])c1. The lowest BCUT2D eigenvalue weighted by Gasteiger charge is -2.14. The van der Waals surface area contributed by atoms with E-state index in [1.807, 2.05) is 12.1 Å². The van der Waals surface area contributed by atoms with Crippen LogP contribution in [0.4, 0.5) is 11.4 Å². The Balaban J connectivity index is 1.60. The molecule has 0 aliphatic heterocycles. The summed E-state index contributed by atoms with van der Waals surface area (Å²) in [5, 5.41) is 14.9. The Kier molecular flexibility index (Phi) is 6.71. The fourth-order valence-corrected chi connectivity index (χ4v) is 4.21. The Hall–Kier alpha value is -3.69. The smallest absolute Gasteiger partial charge is 0.271 e. The van der Waals surface area contributed by atoms with Crippen molar-refractivity contribution in [1.29, 1.82) is 0 Å². The highest BCUT2D eigenvalue weighted by Crippen LogP contribution is 2.23. The van der Waals surface area contributed by atoms with Crippen molar-refractivity contribution in [2.75, 3.05) is 11.1 Å². The van der Waals surface area contributed by atoms with Crippen LogP contribution in [0.5, 0.6) is 0 Å². The second-order valence-corrected chi connectivity index (χ2v) is 8.39. The second kappa shape index (κ2) is 9.85. The number of carbonyl (C=O) groups excluding carboxylic acids is 1. The minimum atomic E-state index is -0.531. The van der Waals surface area contributed by atoms with Gasteiger partial charge in [-0.3, -0.25) is 24.3 Å². The molecular weight excluding hydrogens is 464 g/mol. The van der Waals surface area contributed by atoms with E-state index in [0.717, 1.165) is 17.3 Å². The summed E-state index contributed by atoms with van der Waals surface area (Å²) in [4.78, 5) is 40.7. The van der Waals surface area contributed by atoms with Crippen molar-refractivity contribution in [3.8, 4) is 0 Å². The Morgan fingerprint density at radius 3 is 2.64 bits per heavy atom. The van der Waals surface area contributed by atoms with Crippen LogP contribution in [0.1, 0.15) is 5.56 Å². The highest BCUT2D eigenvalue weighted by Gasteiger charge is 2.15. The van der Waals surface area contributed by atoms with Crippen LogP contribution in [0.25, 0.3) is 10.9 Å². The van der Waals surface area contributed by atoms with Gasteiger partial charge in [0.05, 0.1) is 28.1 Å². The third-order valence-corrected chi connectivity index (χ3v) is 6.13. The number of anilines is 1. The molecule has 4 aromatic rings. The van der Waals surface area contributed by atoms with E-state index in [4.69, 9.17) is 11.6 Å². The molecule has 1 N–H and O–H groups in total. The number of hydrogen-bond donors (Lipinski definition) is 1. The average Bonchev–Trinajstić information content (AvgIpc) is 2.81. The van der Waals surface area contributed by atoms with Gasteiger partial charge in [-0.15, -0.1) is 0 Å².